The number of carbonyl (C=O) groups excluding carboxylic acids is 3. The first-order chi connectivity index (χ1) is 14.5. The van der Waals surface area contributed by atoms with Gasteiger partial charge in [0, 0.05) is 19.0 Å². The van der Waals surface area contributed by atoms with Crippen molar-refractivity contribution in [2.45, 2.75) is 38.9 Å². The molecule has 0 aromatic heterocycles. The van der Waals surface area contributed by atoms with Crippen LogP contribution in [0.4, 0.5) is 14.9 Å². The van der Waals surface area contributed by atoms with E-state index in [0.717, 1.165) is 26.4 Å². The minimum Gasteiger partial charge on any atom is -0.486 e. The van der Waals surface area contributed by atoms with Crippen LogP contribution in [-0.2, 0) is 23.8 Å². The molecule has 1 unspecified atom stereocenters. The van der Waals surface area contributed by atoms with E-state index < -0.39 is 29.5 Å². The lowest BCUT2D eigenvalue weighted by molar-refractivity contribution is -0.138. The summed E-state index contributed by atoms with van der Waals surface area (Å²) in [7, 11) is 2.29. The Balaban J connectivity index is 2.17. The average Bonchev–Trinajstić information content (AvgIpc) is 3.16. The molecule has 1 heterocycles. The molecule has 170 valence electrons. The zero-order valence-electron chi connectivity index (χ0n) is 18.2. The highest BCUT2D eigenvalue weighted by Gasteiger charge is 2.31. The number of nitrogens with zero attached hydrogens (tertiary/aromatic N) is 1. The number of likely N-dealkylation sites (tertiary alicyclic amines) is 1. The Morgan fingerprint density at radius 3 is 2.52 bits per heavy atom. The zero-order valence-corrected chi connectivity index (χ0v) is 18.2. The molecule has 1 aromatic carbocycles. The number of anilines is 1. The lowest BCUT2D eigenvalue weighted by atomic mass is 10.2. The second-order valence-electron chi connectivity index (χ2n) is 7.79. The van der Waals surface area contributed by atoms with Crippen LogP contribution >= 0.6 is 0 Å². The predicted octanol–water partition coefficient (Wildman–Crippen LogP) is 2.86. The zero-order chi connectivity index (χ0) is 23.2. The minimum atomic E-state index is -0.849. The summed E-state index contributed by atoms with van der Waals surface area (Å²) in [5, 5.41) is 2.66. The van der Waals surface area contributed by atoms with Crippen molar-refractivity contribution < 1.29 is 37.7 Å². The van der Waals surface area contributed by atoms with Crippen molar-refractivity contribution in [3.05, 3.63) is 35.8 Å². The number of nitrogens with one attached hydrogen (secondary N) is 1. The Bertz CT molecular complexity index is 864. The lowest BCUT2D eigenvalue weighted by Crippen LogP contribution is -2.36. The van der Waals surface area contributed by atoms with Crippen molar-refractivity contribution in [1.82, 2.24) is 4.90 Å². The van der Waals surface area contributed by atoms with Crippen LogP contribution in [0.15, 0.2) is 30.0 Å². The smallest absolute Gasteiger partial charge is 0.410 e. The molecule has 0 spiro atoms. The van der Waals surface area contributed by atoms with Crippen molar-refractivity contribution in [3.63, 3.8) is 0 Å². The van der Waals surface area contributed by atoms with Crippen LogP contribution in [0.3, 0.4) is 0 Å². The molecule has 0 aliphatic carbocycles. The Hall–Kier alpha value is -3.30. The monoisotopic (exact) mass is 438 g/mol. The van der Waals surface area contributed by atoms with Gasteiger partial charge in [-0.1, -0.05) is 0 Å². The third-order valence-corrected chi connectivity index (χ3v) is 4.17. The molecule has 10 heteroatoms. The van der Waals surface area contributed by atoms with E-state index in [0.29, 0.717) is 13.0 Å². The van der Waals surface area contributed by atoms with Crippen LogP contribution in [-0.4, -0.2) is 61.9 Å². The van der Waals surface area contributed by atoms with Gasteiger partial charge in [-0.25, -0.2) is 18.8 Å². The normalized spacial score (nSPS) is 16.5. The second kappa shape index (κ2) is 10.1. The summed E-state index contributed by atoms with van der Waals surface area (Å²) in [6.45, 7) is 6.08. The van der Waals surface area contributed by atoms with Crippen molar-refractivity contribution in [2.75, 3.05) is 32.6 Å². The molecule has 9 nitrogen and oxygen atoms in total. The molecule has 0 bridgehead atoms. The van der Waals surface area contributed by atoms with E-state index in [9.17, 15) is 18.8 Å². The molecule has 1 aliphatic rings. The Labute approximate surface area is 180 Å². The van der Waals surface area contributed by atoms with Gasteiger partial charge >= 0.3 is 18.0 Å². The number of hydrogen-bond acceptors (Lipinski definition) is 8. The van der Waals surface area contributed by atoms with Gasteiger partial charge in [-0.15, -0.1) is 0 Å². The molecule has 1 amide bonds. The van der Waals surface area contributed by atoms with E-state index >= 15 is 0 Å². The van der Waals surface area contributed by atoms with E-state index in [1.54, 1.807) is 20.8 Å². The van der Waals surface area contributed by atoms with Gasteiger partial charge in [-0.05, 0) is 32.9 Å². The van der Waals surface area contributed by atoms with Crippen LogP contribution in [0.2, 0.25) is 0 Å². The number of halogens is 1. The number of hydrogen-bond donors (Lipinski definition) is 1. The highest BCUT2D eigenvalue weighted by Crippen LogP contribution is 2.30. The largest absolute Gasteiger partial charge is 0.486 e. The molecule has 1 saturated heterocycles. The quantitative estimate of drug-likeness (QED) is 0.411. The van der Waals surface area contributed by atoms with Gasteiger partial charge < -0.3 is 29.2 Å². The highest BCUT2D eigenvalue weighted by molar-refractivity contribution is 5.99. The number of amides is 1. The first-order valence-corrected chi connectivity index (χ1v) is 9.61. The number of esters is 2. The molecule has 0 saturated carbocycles. The predicted molar refractivity (Wildman–Crippen MR) is 109 cm³/mol. The summed E-state index contributed by atoms with van der Waals surface area (Å²) in [6.07, 6.45) is 0.618. The number of methoxy groups -OCH3 is 2. The van der Waals surface area contributed by atoms with Crippen molar-refractivity contribution in [3.8, 4) is 5.75 Å². The van der Waals surface area contributed by atoms with E-state index in [4.69, 9.17) is 9.47 Å². The van der Waals surface area contributed by atoms with Crippen LogP contribution in [0, 0.1) is 5.82 Å². The van der Waals surface area contributed by atoms with Gasteiger partial charge in [0.1, 0.15) is 29.0 Å². The van der Waals surface area contributed by atoms with Gasteiger partial charge in [0.15, 0.2) is 0 Å². The van der Waals surface area contributed by atoms with E-state index in [-0.39, 0.29) is 29.8 Å². The van der Waals surface area contributed by atoms with Crippen LogP contribution in [0.5, 0.6) is 5.75 Å². The van der Waals surface area contributed by atoms with Gasteiger partial charge in [0.25, 0.3) is 0 Å². The van der Waals surface area contributed by atoms with Crippen molar-refractivity contribution in [2.24, 2.45) is 0 Å². The van der Waals surface area contributed by atoms with Crippen molar-refractivity contribution in [1.29, 1.82) is 0 Å². The molecule has 1 fully saturated rings. The maximum absolute atomic E-state index is 13.9. The van der Waals surface area contributed by atoms with Gasteiger partial charge in [-0.2, -0.15) is 0 Å². The third-order valence-electron chi connectivity index (χ3n) is 4.17. The first kappa shape index (κ1) is 24.0. The Kier molecular flexibility index (Phi) is 7.84. The molecular formula is C21H27FN2O7. The summed E-state index contributed by atoms with van der Waals surface area (Å²) in [6, 6.07) is 3.70. The average molecular weight is 438 g/mol. The molecule has 31 heavy (non-hydrogen) atoms. The molecule has 1 aliphatic heterocycles. The number of carbonyl (C=O) groups is 3. The summed E-state index contributed by atoms with van der Waals surface area (Å²) < 4.78 is 34.3. The molecule has 2 rings (SSSR count). The fourth-order valence-corrected chi connectivity index (χ4v) is 2.78. The topological polar surface area (TPSA) is 103 Å². The lowest BCUT2D eigenvalue weighted by Gasteiger charge is -2.24. The first-order valence-electron chi connectivity index (χ1n) is 9.61. The summed E-state index contributed by atoms with van der Waals surface area (Å²) in [5.74, 6) is -2.00. The summed E-state index contributed by atoms with van der Waals surface area (Å²) >= 11 is 0. The number of ether oxygens (including phenoxy) is 4. The van der Waals surface area contributed by atoms with Crippen LogP contribution in [0.25, 0.3) is 0 Å². The van der Waals surface area contributed by atoms with Crippen LogP contribution < -0.4 is 10.1 Å². The van der Waals surface area contributed by atoms with Gasteiger partial charge in [-0.3, -0.25) is 0 Å². The highest BCUT2D eigenvalue weighted by atomic mass is 19.1. The number of rotatable bonds is 6. The Morgan fingerprint density at radius 2 is 1.90 bits per heavy atom. The maximum atomic E-state index is 13.9. The van der Waals surface area contributed by atoms with Crippen molar-refractivity contribution >= 4 is 23.7 Å². The number of benzene rings is 1. The summed E-state index contributed by atoms with van der Waals surface area (Å²) in [4.78, 5) is 37.3. The fourth-order valence-electron chi connectivity index (χ4n) is 2.78. The fraction of sp³-hybridized carbons (Fsp3) is 0.476. The second-order valence-corrected chi connectivity index (χ2v) is 7.79. The minimum absolute atomic E-state index is 0.108. The Morgan fingerprint density at radius 1 is 1.19 bits per heavy atom. The summed E-state index contributed by atoms with van der Waals surface area (Å²) in [5.41, 5.74) is -0.761. The molecule has 1 N–H and O–H groups in total. The standard InChI is InChI=1S/C21H27FN2O7/c1-21(2,3)31-20(27)24-9-8-14(12-24)30-17-7-6-13(22)10-15(17)23-16(19(26)29-5)11-18(25)28-4/h6-7,10-11,14,23H,8-9,12H2,1-5H3/b16-11+. The van der Waals surface area contributed by atoms with Gasteiger partial charge in [0.2, 0.25) is 0 Å². The molecule has 0 radical (unpaired) electrons. The van der Waals surface area contributed by atoms with E-state index in [2.05, 4.69) is 14.8 Å². The van der Waals surface area contributed by atoms with E-state index in [1.807, 2.05) is 0 Å². The van der Waals surface area contributed by atoms with Gasteiger partial charge in [0.05, 0.1) is 32.5 Å². The maximum Gasteiger partial charge on any atom is 0.410 e. The van der Waals surface area contributed by atoms with E-state index in [1.165, 1.54) is 17.0 Å². The van der Waals surface area contributed by atoms with Crippen LogP contribution in [0.1, 0.15) is 27.2 Å². The molecular weight excluding hydrogens is 411 g/mol. The SMILES string of the molecule is COC(=O)/C=C(/Nc1cc(F)ccc1OC1CCN(C(=O)OC(C)(C)C)C1)C(=O)OC. The molecule has 1 atom stereocenters. The third kappa shape index (κ3) is 7.16. The molecule has 1 aromatic rings.